The smallest absolute Gasteiger partial charge is 0.0408 e. The Hall–Kier alpha value is -0.790. The van der Waals surface area contributed by atoms with Gasteiger partial charge in [0.05, 0.1) is 0 Å². The van der Waals surface area contributed by atoms with E-state index in [-0.39, 0.29) is 0 Å². The van der Waals surface area contributed by atoms with Crippen LogP contribution < -0.4 is 5.32 Å². The topological polar surface area (TPSA) is 12.0 Å². The van der Waals surface area contributed by atoms with Crippen LogP contribution in [0.5, 0.6) is 0 Å². The highest BCUT2D eigenvalue weighted by Crippen LogP contribution is 2.23. The van der Waals surface area contributed by atoms with Gasteiger partial charge in [0.2, 0.25) is 0 Å². The summed E-state index contributed by atoms with van der Waals surface area (Å²) < 4.78 is 0. The zero-order valence-corrected chi connectivity index (χ0v) is 11.1. The van der Waals surface area contributed by atoms with Crippen LogP contribution in [-0.4, -0.2) is 13.1 Å². The molecular weight excluding hydrogens is 230 g/mol. The van der Waals surface area contributed by atoms with E-state index in [0.717, 1.165) is 11.4 Å². The molecule has 1 aliphatic rings. The number of allylic oxidation sites excluding steroid dienone is 1. The molecular formula is C15H20ClN. The Labute approximate surface area is 109 Å². The molecule has 17 heavy (non-hydrogen) atoms. The minimum atomic E-state index is 0.466. The molecule has 1 aliphatic carbocycles. The molecule has 0 aliphatic heterocycles. The molecule has 0 bridgehead atoms. The first-order valence-electron chi connectivity index (χ1n) is 6.40. The average Bonchev–Trinajstić information content (AvgIpc) is 2.37. The summed E-state index contributed by atoms with van der Waals surface area (Å²) in [6.07, 6.45) is 8.60. The highest BCUT2D eigenvalue weighted by atomic mass is 35.5. The molecule has 1 N–H and O–H groups in total. The summed E-state index contributed by atoms with van der Waals surface area (Å²) in [5.74, 6) is 0. The van der Waals surface area contributed by atoms with Crippen molar-refractivity contribution in [3.05, 3.63) is 46.5 Å². The normalized spacial score (nSPS) is 17.6. The van der Waals surface area contributed by atoms with Crippen molar-refractivity contribution in [3.63, 3.8) is 0 Å². The second-order valence-corrected chi connectivity index (χ2v) is 5.14. The first-order chi connectivity index (χ1) is 8.29. The van der Waals surface area contributed by atoms with Crippen molar-refractivity contribution in [3.8, 4) is 0 Å². The summed E-state index contributed by atoms with van der Waals surface area (Å²) in [4.78, 5) is 0. The fraction of sp³-hybridized carbons (Fsp3) is 0.467. The molecule has 0 saturated carbocycles. The van der Waals surface area contributed by atoms with Crippen LogP contribution in [0.3, 0.4) is 0 Å². The third-order valence-corrected chi connectivity index (χ3v) is 3.69. The zero-order chi connectivity index (χ0) is 12.1. The van der Waals surface area contributed by atoms with E-state index < -0.39 is 0 Å². The van der Waals surface area contributed by atoms with Crippen LogP contribution in [0.1, 0.15) is 31.2 Å². The van der Waals surface area contributed by atoms with Crippen LogP contribution in [-0.2, 0) is 6.42 Å². The summed E-state index contributed by atoms with van der Waals surface area (Å²) in [6.45, 7) is 0. The molecule has 1 aromatic rings. The summed E-state index contributed by atoms with van der Waals surface area (Å²) in [5, 5.41) is 4.26. The average molecular weight is 250 g/mol. The van der Waals surface area contributed by atoms with Crippen molar-refractivity contribution < 1.29 is 0 Å². The number of nitrogens with one attached hydrogen (secondary N) is 1. The standard InChI is InChI=1S/C15H20ClN/c1-17-15(13-7-3-2-4-8-13)11-12-6-5-9-14(16)10-12/h5-7,9-10,15,17H,2-4,8,11H2,1H3. The zero-order valence-electron chi connectivity index (χ0n) is 10.4. The van der Waals surface area contributed by atoms with Gasteiger partial charge in [0, 0.05) is 11.1 Å². The Morgan fingerprint density at radius 2 is 2.24 bits per heavy atom. The van der Waals surface area contributed by atoms with Gasteiger partial charge in [-0.15, -0.1) is 0 Å². The Balaban J connectivity index is 2.06. The lowest BCUT2D eigenvalue weighted by molar-refractivity contribution is 0.569. The third kappa shape index (κ3) is 3.58. The molecule has 0 aromatic heterocycles. The van der Waals surface area contributed by atoms with Crippen molar-refractivity contribution >= 4 is 11.6 Å². The quantitative estimate of drug-likeness (QED) is 0.797. The van der Waals surface area contributed by atoms with E-state index in [4.69, 9.17) is 11.6 Å². The Morgan fingerprint density at radius 3 is 2.88 bits per heavy atom. The molecule has 92 valence electrons. The summed E-state index contributed by atoms with van der Waals surface area (Å²) in [7, 11) is 2.05. The number of hydrogen-bond donors (Lipinski definition) is 1. The minimum Gasteiger partial charge on any atom is -0.313 e. The summed E-state index contributed by atoms with van der Waals surface area (Å²) >= 11 is 6.02. The predicted molar refractivity (Wildman–Crippen MR) is 74.6 cm³/mol. The second-order valence-electron chi connectivity index (χ2n) is 4.70. The number of rotatable bonds is 4. The Kier molecular flexibility index (Phi) is 4.64. The first kappa shape index (κ1) is 12.7. The number of likely N-dealkylation sites (N-methyl/N-ethyl adjacent to an activating group) is 1. The molecule has 2 heteroatoms. The van der Waals surface area contributed by atoms with Crippen molar-refractivity contribution in [1.29, 1.82) is 0 Å². The van der Waals surface area contributed by atoms with Crippen LogP contribution >= 0.6 is 11.6 Å². The lowest BCUT2D eigenvalue weighted by Crippen LogP contribution is -2.30. The van der Waals surface area contributed by atoms with Gasteiger partial charge >= 0.3 is 0 Å². The summed E-state index contributed by atoms with van der Waals surface area (Å²) in [6, 6.07) is 8.64. The van der Waals surface area contributed by atoms with Crippen LogP contribution in [0, 0.1) is 0 Å². The molecule has 0 spiro atoms. The van der Waals surface area contributed by atoms with E-state index in [1.807, 2.05) is 19.2 Å². The van der Waals surface area contributed by atoms with Crippen LogP contribution in [0.25, 0.3) is 0 Å². The lowest BCUT2D eigenvalue weighted by atomic mass is 9.90. The molecule has 0 heterocycles. The predicted octanol–water partition coefficient (Wildman–Crippen LogP) is 3.97. The van der Waals surface area contributed by atoms with E-state index in [9.17, 15) is 0 Å². The highest BCUT2D eigenvalue weighted by Gasteiger charge is 2.14. The van der Waals surface area contributed by atoms with Gasteiger partial charge < -0.3 is 5.32 Å². The fourth-order valence-corrected chi connectivity index (χ4v) is 2.71. The van der Waals surface area contributed by atoms with Gasteiger partial charge in [0.1, 0.15) is 0 Å². The Morgan fingerprint density at radius 1 is 1.35 bits per heavy atom. The van der Waals surface area contributed by atoms with E-state index in [2.05, 4.69) is 23.5 Å². The van der Waals surface area contributed by atoms with E-state index in [1.54, 1.807) is 5.57 Å². The maximum atomic E-state index is 6.02. The highest BCUT2D eigenvalue weighted by molar-refractivity contribution is 6.30. The van der Waals surface area contributed by atoms with Gasteiger partial charge in [0.25, 0.3) is 0 Å². The molecule has 0 radical (unpaired) electrons. The maximum Gasteiger partial charge on any atom is 0.0408 e. The summed E-state index contributed by atoms with van der Waals surface area (Å²) in [5.41, 5.74) is 2.88. The molecule has 1 nitrogen and oxygen atoms in total. The van der Waals surface area contributed by atoms with Gasteiger partial charge in [-0.2, -0.15) is 0 Å². The van der Waals surface area contributed by atoms with Crippen molar-refractivity contribution in [2.75, 3.05) is 7.05 Å². The van der Waals surface area contributed by atoms with Gasteiger partial charge in [-0.25, -0.2) is 0 Å². The number of hydrogen-bond acceptors (Lipinski definition) is 1. The van der Waals surface area contributed by atoms with E-state index >= 15 is 0 Å². The molecule has 1 unspecified atom stereocenters. The van der Waals surface area contributed by atoms with Crippen molar-refractivity contribution in [1.82, 2.24) is 5.32 Å². The van der Waals surface area contributed by atoms with Gasteiger partial charge in [-0.05, 0) is 56.8 Å². The molecule has 0 amide bonds. The molecule has 0 saturated heterocycles. The molecule has 1 atom stereocenters. The fourth-order valence-electron chi connectivity index (χ4n) is 2.50. The van der Waals surface area contributed by atoms with Gasteiger partial charge in [-0.1, -0.05) is 35.4 Å². The SMILES string of the molecule is CNC(Cc1cccc(Cl)c1)C1=CCCCC1. The van der Waals surface area contributed by atoms with Crippen LogP contribution in [0.15, 0.2) is 35.9 Å². The Bertz CT molecular complexity index is 398. The van der Waals surface area contributed by atoms with Crippen LogP contribution in [0.4, 0.5) is 0 Å². The first-order valence-corrected chi connectivity index (χ1v) is 6.78. The molecule has 1 aromatic carbocycles. The number of halogens is 1. The van der Waals surface area contributed by atoms with Crippen LogP contribution in [0.2, 0.25) is 5.02 Å². The minimum absolute atomic E-state index is 0.466. The third-order valence-electron chi connectivity index (χ3n) is 3.45. The largest absolute Gasteiger partial charge is 0.313 e. The monoisotopic (exact) mass is 249 g/mol. The van der Waals surface area contributed by atoms with Gasteiger partial charge in [0.15, 0.2) is 0 Å². The van der Waals surface area contributed by atoms with Crippen molar-refractivity contribution in [2.24, 2.45) is 0 Å². The maximum absolute atomic E-state index is 6.02. The second kappa shape index (κ2) is 6.23. The lowest BCUT2D eigenvalue weighted by Gasteiger charge is -2.23. The molecule has 2 rings (SSSR count). The number of benzene rings is 1. The molecule has 0 fully saturated rings. The van der Waals surface area contributed by atoms with E-state index in [1.165, 1.54) is 31.2 Å². The van der Waals surface area contributed by atoms with E-state index in [0.29, 0.717) is 6.04 Å². The van der Waals surface area contributed by atoms with Gasteiger partial charge in [-0.3, -0.25) is 0 Å². The van der Waals surface area contributed by atoms with Crippen molar-refractivity contribution in [2.45, 2.75) is 38.1 Å².